The van der Waals surface area contributed by atoms with Crippen molar-refractivity contribution < 1.29 is 14.3 Å². The van der Waals surface area contributed by atoms with Crippen molar-refractivity contribution in [1.29, 1.82) is 0 Å². The summed E-state index contributed by atoms with van der Waals surface area (Å²) >= 11 is 0. The minimum atomic E-state index is -0.559. The fourth-order valence-electron chi connectivity index (χ4n) is 4.57. The smallest absolute Gasteiger partial charge is 0.410 e. The number of aromatic nitrogens is 4. The highest BCUT2D eigenvalue weighted by molar-refractivity contribution is 5.94. The summed E-state index contributed by atoms with van der Waals surface area (Å²) in [4.78, 5) is 29.4. The maximum atomic E-state index is 13.3. The first kappa shape index (κ1) is 23.3. The fraction of sp³-hybridized carbons (Fsp3) is 0.667. The summed E-state index contributed by atoms with van der Waals surface area (Å²) in [5.74, 6) is 0.00982. The number of amides is 2. The molecule has 4 rings (SSSR count). The molecule has 0 spiro atoms. The van der Waals surface area contributed by atoms with E-state index in [0.717, 1.165) is 29.9 Å². The lowest BCUT2D eigenvalue weighted by Gasteiger charge is -2.30. The van der Waals surface area contributed by atoms with Crippen LogP contribution in [0.25, 0.3) is 0 Å². The molecule has 0 radical (unpaired) electrons. The number of carbonyl (C=O) groups excluding carboxylic acids is 2. The normalized spacial score (nSPS) is 18.7. The molecule has 0 aliphatic carbocycles. The van der Waals surface area contributed by atoms with Crippen LogP contribution in [-0.2, 0) is 30.8 Å². The SMILES string of the molecule is CCCCCn1ccc(C2CN(C)C(=O)c3c4c(nn3C2)CCN(C(=O)OC(C)(C)C)C4)n1. The third kappa shape index (κ3) is 5.07. The van der Waals surface area contributed by atoms with E-state index in [4.69, 9.17) is 14.9 Å². The lowest BCUT2D eigenvalue weighted by atomic mass is 10.0. The van der Waals surface area contributed by atoms with Crippen molar-refractivity contribution in [2.24, 2.45) is 0 Å². The molecule has 33 heavy (non-hydrogen) atoms. The Kier molecular flexibility index (Phi) is 6.50. The highest BCUT2D eigenvalue weighted by Gasteiger charge is 2.36. The van der Waals surface area contributed by atoms with E-state index in [1.165, 1.54) is 12.8 Å². The number of likely N-dealkylation sites (N-methyl/N-ethyl adjacent to an activating group) is 1. The highest BCUT2D eigenvalue weighted by atomic mass is 16.6. The molecule has 0 fully saturated rings. The Hall–Kier alpha value is -2.84. The predicted octanol–water partition coefficient (Wildman–Crippen LogP) is 3.43. The quantitative estimate of drug-likeness (QED) is 0.644. The molecule has 0 saturated carbocycles. The van der Waals surface area contributed by atoms with Crippen molar-refractivity contribution in [2.75, 3.05) is 20.1 Å². The van der Waals surface area contributed by atoms with Crippen LogP contribution in [0.2, 0.25) is 0 Å². The van der Waals surface area contributed by atoms with E-state index in [9.17, 15) is 9.59 Å². The van der Waals surface area contributed by atoms with E-state index < -0.39 is 5.60 Å². The van der Waals surface area contributed by atoms with Gasteiger partial charge in [-0.3, -0.25) is 14.2 Å². The van der Waals surface area contributed by atoms with Crippen LogP contribution in [0.15, 0.2) is 12.3 Å². The summed E-state index contributed by atoms with van der Waals surface area (Å²) in [7, 11) is 1.83. The molecule has 180 valence electrons. The largest absolute Gasteiger partial charge is 0.444 e. The molecule has 4 heterocycles. The Bertz CT molecular complexity index is 1020. The molecule has 0 aromatic carbocycles. The van der Waals surface area contributed by atoms with Gasteiger partial charge in [-0.1, -0.05) is 19.8 Å². The van der Waals surface area contributed by atoms with Gasteiger partial charge in [-0.25, -0.2) is 4.79 Å². The van der Waals surface area contributed by atoms with Gasteiger partial charge in [-0.2, -0.15) is 10.2 Å². The average molecular weight is 457 g/mol. The van der Waals surface area contributed by atoms with Crippen LogP contribution in [-0.4, -0.2) is 67.1 Å². The van der Waals surface area contributed by atoms with Gasteiger partial charge in [-0.05, 0) is 33.3 Å². The summed E-state index contributed by atoms with van der Waals surface area (Å²) < 4.78 is 9.40. The van der Waals surface area contributed by atoms with Crippen LogP contribution in [0.4, 0.5) is 4.79 Å². The molecule has 9 heteroatoms. The second kappa shape index (κ2) is 9.19. The van der Waals surface area contributed by atoms with Crippen LogP contribution in [0.3, 0.4) is 0 Å². The van der Waals surface area contributed by atoms with Crippen molar-refractivity contribution in [3.63, 3.8) is 0 Å². The number of nitrogens with zero attached hydrogens (tertiary/aromatic N) is 6. The molecule has 0 saturated heterocycles. The van der Waals surface area contributed by atoms with Crippen LogP contribution >= 0.6 is 0 Å². The standard InChI is InChI=1S/C24H36N6O3/c1-6-7-8-11-29-13-10-19(25-29)17-14-27(5)22(31)21-18-16-28(23(32)33-24(2,3)4)12-9-20(18)26-30(21)15-17/h10,13,17H,6-9,11-12,14-16H2,1-5H3. The van der Waals surface area contributed by atoms with E-state index in [1.54, 1.807) is 9.80 Å². The summed E-state index contributed by atoms with van der Waals surface area (Å²) in [6.07, 6.45) is 5.78. The van der Waals surface area contributed by atoms with Gasteiger partial charge in [-0.15, -0.1) is 0 Å². The molecule has 1 unspecified atom stereocenters. The van der Waals surface area contributed by atoms with E-state index in [-0.39, 0.29) is 17.9 Å². The molecule has 1 atom stereocenters. The van der Waals surface area contributed by atoms with Gasteiger partial charge in [0.2, 0.25) is 0 Å². The molecule has 2 aromatic rings. The van der Waals surface area contributed by atoms with Gasteiger partial charge in [0.15, 0.2) is 0 Å². The summed E-state index contributed by atoms with van der Waals surface area (Å²) in [5, 5.41) is 9.60. The molecule has 2 amide bonds. The number of unbranched alkanes of at least 4 members (excludes halogenated alkanes) is 2. The Morgan fingerprint density at radius 2 is 2.00 bits per heavy atom. The minimum Gasteiger partial charge on any atom is -0.444 e. The van der Waals surface area contributed by atoms with Crippen molar-refractivity contribution in [1.82, 2.24) is 29.4 Å². The van der Waals surface area contributed by atoms with Gasteiger partial charge in [0.05, 0.1) is 24.5 Å². The second-order valence-electron chi connectivity index (χ2n) is 10.2. The minimum absolute atomic E-state index is 0.0559. The Labute approximate surface area is 195 Å². The Morgan fingerprint density at radius 1 is 1.21 bits per heavy atom. The zero-order valence-electron chi connectivity index (χ0n) is 20.5. The lowest BCUT2D eigenvalue weighted by Crippen LogP contribution is -2.40. The number of fused-ring (bicyclic) bond motifs is 3. The topological polar surface area (TPSA) is 85.5 Å². The number of hydrogen-bond donors (Lipinski definition) is 0. The number of aryl methyl sites for hydroxylation is 1. The monoisotopic (exact) mass is 456 g/mol. The van der Waals surface area contributed by atoms with Crippen LogP contribution < -0.4 is 0 Å². The van der Waals surface area contributed by atoms with Crippen LogP contribution in [0.1, 0.15) is 80.3 Å². The summed E-state index contributed by atoms with van der Waals surface area (Å²) in [5.41, 5.74) is 2.76. The molecular weight excluding hydrogens is 420 g/mol. The van der Waals surface area contributed by atoms with Gasteiger partial charge >= 0.3 is 6.09 Å². The van der Waals surface area contributed by atoms with Crippen LogP contribution in [0, 0.1) is 0 Å². The third-order valence-electron chi connectivity index (χ3n) is 6.26. The maximum absolute atomic E-state index is 13.3. The first-order valence-electron chi connectivity index (χ1n) is 12.0. The molecular formula is C24H36N6O3. The predicted molar refractivity (Wildman–Crippen MR) is 124 cm³/mol. The van der Waals surface area contributed by atoms with Crippen LogP contribution in [0.5, 0.6) is 0 Å². The molecule has 2 aliphatic rings. The number of carbonyl (C=O) groups is 2. The van der Waals surface area contributed by atoms with E-state index in [1.807, 2.05) is 43.4 Å². The first-order valence-corrected chi connectivity index (χ1v) is 12.0. The zero-order valence-corrected chi connectivity index (χ0v) is 20.5. The molecule has 2 aliphatic heterocycles. The highest BCUT2D eigenvalue weighted by Crippen LogP contribution is 2.29. The number of rotatable bonds is 5. The molecule has 0 N–H and O–H groups in total. The Morgan fingerprint density at radius 3 is 2.73 bits per heavy atom. The zero-order chi connectivity index (χ0) is 23.8. The summed E-state index contributed by atoms with van der Waals surface area (Å²) in [6, 6.07) is 2.06. The lowest BCUT2D eigenvalue weighted by molar-refractivity contribution is 0.0222. The first-order chi connectivity index (χ1) is 15.7. The second-order valence-corrected chi connectivity index (χ2v) is 10.2. The number of hydrogen-bond acceptors (Lipinski definition) is 5. The molecule has 9 nitrogen and oxygen atoms in total. The third-order valence-corrected chi connectivity index (χ3v) is 6.26. The van der Waals surface area contributed by atoms with Crippen molar-refractivity contribution >= 4 is 12.0 Å². The van der Waals surface area contributed by atoms with Gasteiger partial charge in [0.25, 0.3) is 5.91 Å². The van der Waals surface area contributed by atoms with E-state index in [0.29, 0.717) is 38.3 Å². The van der Waals surface area contributed by atoms with Gasteiger partial charge < -0.3 is 14.5 Å². The van der Waals surface area contributed by atoms with E-state index >= 15 is 0 Å². The van der Waals surface area contributed by atoms with Crippen molar-refractivity contribution in [3.8, 4) is 0 Å². The fourth-order valence-corrected chi connectivity index (χ4v) is 4.57. The molecule has 2 aromatic heterocycles. The maximum Gasteiger partial charge on any atom is 0.410 e. The van der Waals surface area contributed by atoms with Crippen molar-refractivity contribution in [3.05, 3.63) is 34.9 Å². The van der Waals surface area contributed by atoms with Gasteiger partial charge in [0, 0.05) is 50.8 Å². The molecule has 0 bridgehead atoms. The number of ether oxygens (including phenoxy) is 1. The average Bonchev–Trinajstić information content (AvgIpc) is 3.32. The van der Waals surface area contributed by atoms with Gasteiger partial charge in [0.1, 0.15) is 11.3 Å². The van der Waals surface area contributed by atoms with E-state index in [2.05, 4.69) is 13.0 Å². The van der Waals surface area contributed by atoms with Crippen molar-refractivity contribution in [2.45, 2.75) is 84.5 Å². The Balaban J connectivity index is 1.56. The summed E-state index contributed by atoms with van der Waals surface area (Å²) in [6.45, 7) is 10.7.